The Balaban J connectivity index is 1.98. The minimum Gasteiger partial charge on any atom is -0.507 e. The molecule has 1 aliphatic heterocycles. The van der Waals surface area contributed by atoms with Crippen molar-refractivity contribution in [1.29, 1.82) is 0 Å². The lowest BCUT2D eigenvalue weighted by atomic mass is 9.94. The maximum absolute atomic E-state index is 13.3. The number of aliphatic hydroxyl groups excluding tert-OH is 1. The zero-order chi connectivity index (χ0) is 24.6. The highest BCUT2D eigenvalue weighted by Gasteiger charge is 2.47. The summed E-state index contributed by atoms with van der Waals surface area (Å²) in [6.07, 6.45) is 0. The summed E-state index contributed by atoms with van der Waals surface area (Å²) in [7, 11) is 3.00. The molecule has 1 atom stereocenters. The minimum atomic E-state index is -0.863. The van der Waals surface area contributed by atoms with Gasteiger partial charge in [-0.3, -0.25) is 14.5 Å². The van der Waals surface area contributed by atoms with Gasteiger partial charge in [-0.1, -0.05) is 29.8 Å². The zero-order valence-electron chi connectivity index (χ0n) is 19.3. The van der Waals surface area contributed by atoms with Gasteiger partial charge in [-0.15, -0.1) is 0 Å². The van der Waals surface area contributed by atoms with E-state index in [0.29, 0.717) is 33.3 Å². The largest absolute Gasteiger partial charge is 0.507 e. The number of rotatable bonds is 5. The predicted molar refractivity (Wildman–Crippen MR) is 132 cm³/mol. The summed E-state index contributed by atoms with van der Waals surface area (Å²) in [6.45, 7) is 3.85. The van der Waals surface area contributed by atoms with E-state index in [9.17, 15) is 14.7 Å². The number of benzene rings is 3. The molecule has 1 saturated heterocycles. The smallest absolute Gasteiger partial charge is 0.300 e. The third-order valence-electron chi connectivity index (χ3n) is 5.76. The molecule has 4 rings (SSSR count). The molecule has 6 nitrogen and oxygen atoms in total. The highest BCUT2D eigenvalue weighted by atomic mass is 35.5. The number of hydrogen-bond donors (Lipinski definition) is 1. The van der Waals surface area contributed by atoms with Crippen LogP contribution in [0.25, 0.3) is 5.76 Å². The van der Waals surface area contributed by atoms with E-state index in [-0.39, 0.29) is 11.3 Å². The van der Waals surface area contributed by atoms with Crippen molar-refractivity contribution in [2.45, 2.75) is 19.9 Å². The second kappa shape index (κ2) is 9.23. The topological polar surface area (TPSA) is 76.1 Å². The van der Waals surface area contributed by atoms with Crippen LogP contribution in [0.5, 0.6) is 11.5 Å². The Kier molecular flexibility index (Phi) is 6.35. The fourth-order valence-electron chi connectivity index (χ4n) is 4.28. The average Bonchev–Trinajstić information content (AvgIpc) is 3.08. The molecule has 1 unspecified atom stereocenters. The molecule has 3 aromatic rings. The van der Waals surface area contributed by atoms with E-state index < -0.39 is 17.7 Å². The molecule has 1 fully saturated rings. The van der Waals surface area contributed by atoms with E-state index >= 15 is 0 Å². The van der Waals surface area contributed by atoms with Crippen molar-refractivity contribution >= 4 is 34.7 Å². The standard InChI is InChI=1S/C27H24ClNO5/c1-15-10-16(2)12-19(11-15)29-24(17-6-5-7-20(13-17)33-3)23(26(31)27(29)32)25(30)18-8-9-21(28)22(14-18)34-4/h5-14,24,30H,1-4H3/b25-23-. The van der Waals surface area contributed by atoms with Gasteiger partial charge >= 0.3 is 0 Å². The molecule has 0 aromatic heterocycles. The van der Waals surface area contributed by atoms with Crippen LogP contribution in [-0.4, -0.2) is 31.0 Å². The van der Waals surface area contributed by atoms with Gasteiger partial charge in [0.15, 0.2) is 0 Å². The summed E-state index contributed by atoms with van der Waals surface area (Å²) in [5.74, 6) is -0.907. The van der Waals surface area contributed by atoms with Crippen molar-refractivity contribution in [2.75, 3.05) is 19.1 Å². The van der Waals surface area contributed by atoms with E-state index in [1.807, 2.05) is 32.0 Å². The average molecular weight is 478 g/mol. The van der Waals surface area contributed by atoms with Crippen LogP contribution in [-0.2, 0) is 9.59 Å². The van der Waals surface area contributed by atoms with Crippen LogP contribution in [0.15, 0.2) is 66.2 Å². The maximum Gasteiger partial charge on any atom is 0.300 e. The van der Waals surface area contributed by atoms with Crippen LogP contribution in [0.1, 0.15) is 28.3 Å². The Morgan fingerprint density at radius 3 is 2.29 bits per heavy atom. The number of aliphatic hydroxyl groups is 1. The second-order valence-electron chi connectivity index (χ2n) is 8.14. The molecule has 1 amide bonds. The molecule has 1 N–H and O–H groups in total. The zero-order valence-corrected chi connectivity index (χ0v) is 20.0. The van der Waals surface area contributed by atoms with E-state index in [1.54, 1.807) is 43.5 Å². The number of hydrogen-bond acceptors (Lipinski definition) is 5. The van der Waals surface area contributed by atoms with Crippen molar-refractivity contribution in [1.82, 2.24) is 0 Å². The number of ether oxygens (including phenoxy) is 2. The van der Waals surface area contributed by atoms with Crippen molar-refractivity contribution in [2.24, 2.45) is 0 Å². The first kappa shape index (κ1) is 23.4. The summed E-state index contributed by atoms with van der Waals surface area (Å²) >= 11 is 6.14. The lowest BCUT2D eigenvalue weighted by Crippen LogP contribution is -2.29. The van der Waals surface area contributed by atoms with Gasteiger partial charge in [-0.25, -0.2) is 0 Å². The number of carbonyl (C=O) groups is 2. The quantitative estimate of drug-likeness (QED) is 0.294. The van der Waals surface area contributed by atoms with E-state index in [0.717, 1.165) is 11.1 Å². The normalized spacial score (nSPS) is 17.2. The Morgan fingerprint density at radius 1 is 0.941 bits per heavy atom. The third kappa shape index (κ3) is 4.13. The van der Waals surface area contributed by atoms with Crippen LogP contribution in [0, 0.1) is 13.8 Å². The number of amides is 1. The first-order chi connectivity index (χ1) is 16.2. The van der Waals surface area contributed by atoms with Gasteiger partial charge in [0.25, 0.3) is 11.7 Å². The Hall–Kier alpha value is -3.77. The molecule has 1 heterocycles. The van der Waals surface area contributed by atoms with E-state index in [1.165, 1.54) is 18.1 Å². The predicted octanol–water partition coefficient (Wildman–Crippen LogP) is 5.60. The summed E-state index contributed by atoms with van der Waals surface area (Å²) in [4.78, 5) is 28.1. The number of aryl methyl sites for hydroxylation is 2. The van der Waals surface area contributed by atoms with Crippen molar-refractivity contribution in [3.05, 3.63) is 93.5 Å². The van der Waals surface area contributed by atoms with Gasteiger partial charge in [0.05, 0.1) is 30.9 Å². The highest BCUT2D eigenvalue weighted by Crippen LogP contribution is 2.43. The fourth-order valence-corrected chi connectivity index (χ4v) is 4.47. The molecular formula is C27H24ClNO5. The van der Waals surface area contributed by atoms with Gasteiger partial charge in [0.2, 0.25) is 0 Å². The molecule has 1 aliphatic rings. The summed E-state index contributed by atoms with van der Waals surface area (Å²) in [6, 6.07) is 16.6. The van der Waals surface area contributed by atoms with Crippen LogP contribution >= 0.6 is 11.6 Å². The molecule has 174 valence electrons. The molecule has 0 saturated carbocycles. The molecule has 0 spiro atoms. The molecule has 0 bridgehead atoms. The Bertz CT molecular complexity index is 1310. The van der Waals surface area contributed by atoms with Crippen molar-refractivity contribution < 1.29 is 24.2 Å². The van der Waals surface area contributed by atoms with Gasteiger partial charge < -0.3 is 14.6 Å². The molecule has 7 heteroatoms. The number of ketones is 1. The number of halogens is 1. The summed E-state index contributed by atoms with van der Waals surface area (Å²) < 4.78 is 10.6. The van der Waals surface area contributed by atoms with Gasteiger partial charge in [0.1, 0.15) is 17.3 Å². The third-order valence-corrected chi connectivity index (χ3v) is 6.08. The minimum absolute atomic E-state index is 0.0261. The van der Waals surface area contributed by atoms with Crippen molar-refractivity contribution in [3.8, 4) is 11.5 Å². The van der Waals surface area contributed by atoms with Crippen LogP contribution < -0.4 is 14.4 Å². The molecule has 3 aromatic carbocycles. The lowest BCUT2D eigenvalue weighted by Gasteiger charge is -2.26. The SMILES string of the molecule is COc1cccc(C2/C(=C(/O)c3ccc(Cl)c(OC)c3)C(=O)C(=O)N2c2cc(C)cc(C)c2)c1. The number of carbonyl (C=O) groups excluding carboxylic acids is 2. The van der Waals surface area contributed by atoms with Gasteiger partial charge in [-0.05, 0) is 73.0 Å². The summed E-state index contributed by atoms with van der Waals surface area (Å²) in [5.41, 5.74) is 3.38. The monoisotopic (exact) mass is 477 g/mol. The van der Waals surface area contributed by atoms with E-state index in [4.69, 9.17) is 21.1 Å². The molecular weight excluding hydrogens is 454 g/mol. The van der Waals surface area contributed by atoms with Gasteiger partial charge in [-0.2, -0.15) is 0 Å². The maximum atomic E-state index is 13.3. The number of Topliss-reactive ketones (excluding diaryl/α,β-unsaturated/α-hetero) is 1. The molecule has 34 heavy (non-hydrogen) atoms. The van der Waals surface area contributed by atoms with Crippen LogP contribution in [0.2, 0.25) is 5.02 Å². The highest BCUT2D eigenvalue weighted by molar-refractivity contribution is 6.51. The first-order valence-electron chi connectivity index (χ1n) is 10.6. The van der Waals surface area contributed by atoms with Crippen molar-refractivity contribution in [3.63, 3.8) is 0 Å². The molecule has 0 radical (unpaired) electrons. The second-order valence-corrected chi connectivity index (χ2v) is 8.55. The Morgan fingerprint density at radius 2 is 1.65 bits per heavy atom. The molecule has 0 aliphatic carbocycles. The van der Waals surface area contributed by atoms with Gasteiger partial charge in [0, 0.05) is 11.3 Å². The lowest BCUT2D eigenvalue weighted by molar-refractivity contribution is -0.132. The Labute approximate surface area is 203 Å². The summed E-state index contributed by atoms with van der Waals surface area (Å²) in [5, 5.41) is 11.7. The van der Waals surface area contributed by atoms with E-state index in [2.05, 4.69) is 0 Å². The van der Waals surface area contributed by atoms with Crippen LogP contribution in [0.4, 0.5) is 5.69 Å². The number of methoxy groups -OCH3 is 2. The fraction of sp³-hybridized carbons (Fsp3) is 0.185. The first-order valence-corrected chi connectivity index (χ1v) is 11.0. The number of nitrogens with zero attached hydrogens (tertiary/aromatic N) is 1. The number of anilines is 1. The van der Waals surface area contributed by atoms with Crippen LogP contribution in [0.3, 0.4) is 0 Å².